The predicted molar refractivity (Wildman–Crippen MR) is 116 cm³/mol. The lowest BCUT2D eigenvalue weighted by molar-refractivity contribution is 0.100. The molecule has 0 saturated heterocycles. The summed E-state index contributed by atoms with van der Waals surface area (Å²) < 4.78 is 0.781. The Labute approximate surface area is 171 Å². The lowest BCUT2D eigenvalue weighted by Gasteiger charge is -2.14. The molecule has 7 nitrogen and oxygen atoms in total. The van der Waals surface area contributed by atoms with Crippen molar-refractivity contribution in [1.29, 1.82) is 0 Å². The molecule has 1 amide bonds. The zero-order valence-corrected chi connectivity index (χ0v) is 16.4. The Hall–Kier alpha value is -3.36. The van der Waals surface area contributed by atoms with Gasteiger partial charge in [-0.25, -0.2) is 9.97 Å². The molecular formula is C21H20N6OS. The molecule has 0 spiro atoms. The molecule has 8 heteroatoms. The quantitative estimate of drug-likeness (QED) is 0.436. The molecule has 0 fully saturated rings. The standard InChI is InChI=1S/C21H20N6OS/c22-15(10-13-4-2-1-3-5-13)11-25-21-18-17(16(12-29-18)19(23)28)26-20(27-21)14-6-8-24-9-7-14/h1-9,12,15H,10-11,22H2,(H2,23,28)(H,25,26,27)/t15-/m0/s1. The molecule has 0 bridgehead atoms. The summed E-state index contributed by atoms with van der Waals surface area (Å²) in [5.41, 5.74) is 14.8. The average molecular weight is 404 g/mol. The number of nitrogens with one attached hydrogen (secondary N) is 1. The van der Waals surface area contributed by atoms with Crippen molar-refractivity contribution in [3.8, 4) is 11.4 Å². The first-order valence-corrected chi connectivity index (χ1v) is 10.0. The Bertz CT molecular complexity index is 1130. The van der Waals surface area contributed by atoms with Crippen molar-refractivity contribution >= 4 is 33.3 Å². The normalized spacial score (nSPS) is 12.0. The Balaban J connectivity index is 1.64. The summed E-state index contributed by atoms with van der Waals surface area (Å²) in [6.07, 6.45) is 4.10. The fraction of sp³-hybridized carbons (Fsp3) is 0.143. The minimum atomic E-state index is -0.512. The molecule has 4 aromatic rings. The van der Waals surface area contributed by atoms with Crippen molar-refractivity contribution in [2.75, 3.05) is 11.9 Å². The molecule has 146 valence electrons. The fourth-order valence-electron chi connectivity index (χ4n) is 3.06. The number of carbonyl (C=O) groups is 1. The van der Waals surface area contributed by atoms with Gasteiger partial charge in [0.25, 0.3) is 5.91 Å². The number of aromatic nitrogens is 3. The third kappa shape index (κ3) is 4.23. The maximum atomic E-state index is 11.8. The molecular weight excluding hydrogens is 384 g/mol. The van der Waals surface area contributed by atoms with E-state index in [1.54, 1.807) is 17.8 Å². The highest BCUT2D eigenvalue weighted by molar-refractivity contribution is 7.18. The number of fused-ring (bicyclic) bond motifs is 1. The van der Waals surface area contributed by atoms with Crippen LogP contribution < -0.4 is 16.8 Å². The molecule has 3 aromatic heterocycles. The van der Waals surface area contributed by atoms with Gasteiger partial charge in [-0.3, -0.25) is 9.78 Å². The monoisotopic (exact) mass is 404 g/mol. The Kier molecular flexibility index (Phi) is 5.46. The average Bonchev–Trinajstić information content (AvgIpc) is 3.18. The van der Waals surface area contributed by atoms with Crippen LogP contribution in [0.25, 0.3) is 21.6 Å². The number of amides is 1. The number of rotatable bonds is 7. The third-order valence-corrected chi connectivity index (χ3v) is 5.47. The second kappa shape index (κ2) is 8.34. The van der Waals surface area contributed by atoms with Gasteiger partial charge in [0.2, 0.25) is 0 Å². The molecule has 0 aliphatic heterocycles. The second-order valence-corrected chi connectivity index (χ2v) is 7.53. The zero-order valence-electron chi connectivity index (χ0n) is 15.6. The van der Waals surface area contributed by atoms with Gasteiger partial charge in [-0.05, 0) is 24.1 Å². The van der Waals surface area contributed by atoms with Crippen molar-refractivity contribution in [2.45, 2.75) is 12.5 Å². The number of nitrogens with zero attached hydrogens (tertiary/aromatic N) is 3. The van der Waals surface area contributed by atoms with E-state index in [-0.39, 0.29) is 6.04 Å². The number of carbonyl (C=O) groups excluding carboxylic acids is 1. The van der Waals surface area contributed by atoms with Crippen LogP contribution in [0, 0.1) is 0 Å². The van der Waals surface area contributed by atoms with E-state index in [9.17, 15) is 4.79 Å². The van der Waals surface area contributed by atoms with Crippen LogP contribution in [0.5, 0.6) is 0 Å². The summed E-state index contributed by atoms with van der Waals surface area (Å²) in [4.78, 5) is 25.1. The molecule has 0 saturated carbocycles. The van der Waals surface area contributed by atoms with Crippen LogP contribution >= 0.6 is 11.3 Å². The van der Waals surface area contributed by atoms with Gasteiger partial charge < -0.3 is 16.8 Å². The van der Waals surface area contributed by atoms with Gasteiger partial charge in [0.1, 0.15) is 11.3 Å². The Morgan fingerprint density at radius 1 is 1.10 bits per heavy atom. The van der Waals surface area contributed by atoms with Crippen LogP contribution in [0.2, 0.25) is 0 Å². The minimum Gasteiger partial charge on any atom is -0.367 e. The lowest BCUT2D eigenvalue weighted by atomic mass is 10.1. The van der Waals surface area contributed by atoms with E-state index < -0.39 is 5.91 Å². The molecule has 1 aromatic carbocycles. The first kappa shape index (κ1) is 19.0. The zero-order chi connectivity index (χ0) is 20.2. The molecule has 5 N–H and O–H groups in total. The first-order valence-electron chi connectivity index (χ1n) is 9.14. The molecule has 1 atom stereocenters. The molecule has 3 heterocycles. The molecule has 29 heavy (non-hydrogen) atoms. The van der Waals surface area contributed by atoms with E-state index >= 15 is 0 Å². The van der Waals surface area contributed by atoms with Gasteiger partial charge in [-0.15, -0.1) is 11.3 Å². The SMILES string of the molecule is NC(=O)c1csc2c(NC[C@@H](N)Cc3ccccc3)nc(-c3ccncc3)nc12. The number of benzene rings is 1. The molecule has 4 rings (SSSR count). The highest BCUT2D eigenvalue weighted by Crippen LogP contribution is 2.32. The highest BCUT2D eigenvalue weighted by atomic mass is 32.1. The Morgan fingerprint density at radius 3 is 2.59 bits per heavy atom. The summed E-state index contributed by atoms with van der Waals surface area (Å²) in [7, 11) is 0. The minimum absolute atomic E-state index is 0.0950. The largest absolute Gasteiger partial charge is 0.367 e. The van der Waals surface area contributed by atoms with E-state index in [1.807, 2.05) is 30.3 Å². The number of pyridine rings is 1. The predicted octanol–water partition coefficient (Wildman–Crippen LogP) is 2.83. The number of anilines is 1. The van der Waals surface area contributed by atoms with Crippen LogP contribution in [-0.4, -0.2) is 33.4 Å². The third-order valence-electron chi connectivity index (χ3n) is 4.49. The van der Waals surface area contributed by atoms with Gasteiger partial charge in [-0.2, -0.15) is 0 Å². The van der Waals surface area contributed by atoms with E-state index in [4.69, 9.17) is 11.5 Å². The molecule has 0 aliphatic rings. The smallest absolute Gasteiger partial charge is 0.251 e. The number of hydrogen-bond donors (Lipinski definition) is 3. The first-order chi connectivity index (χ1) is 14.1. The van der Waals surface area contributed by atoms with Crippen molar-refractivity contribution in [3.63, 3.8) is 0 Å². The molecule has 0 aliphatic carbocycles. The van der Waals surface area contributed by atoms with Crippen LogP contribution in [0.3, 0.4) is 0 Å². The Morgan fingerprint density at radius 2 is 1.86 bits per heavy atom. The van der Waals surface area contributed by atoms with E-state index in [0.29, 0.717) is 29.3 Å². The molecule has 0 radical (unpaired) electrons. The number of hydrogen-bond acceptors (Lipinski definition) is 7. The topological polar surface area (TPSA) is 120 Å². The molecule has 0 unspecified atom stereocenters. The van der Waals surface area contributed by atoms with Gasteiger partial charge in [-0.1, -0.05) is 30.3 Å². The lowest BCUT2D eigenvalue weighted by Crippen LogP contribution is -2.31. The highest BCUT2D eigenvalue weighted by Gasteiger charge is 2.18. The van der Waals surface area contributed by atoms with Gasteiger partial charge in [0.05, 0.1) is 10.3 Å². The number of thiophene rings is 1. The van der Waals surface area contributed by atoms with Crippen molar-refractivity contribution in [3.05, 3.63) is 71.4 Å². The second-order valence-electron chi connectivity index (χ2n) is 6.65. The van der Waals surface area contributed by atoms with Crippen molar-refractivity contribution < 1.29 is 4.79 Å². The number of nitrogens with two attached hydrogens (primary N) is 2. The van der Waals surface area contributed by atoms with Crippen molar-refractivity contribution in [2.24, 2.45) is 11.5 Å². The van der Waals surface area contributed by atoms with Crippen LogP contribution in [-0.2, 0) is 6.42 Å². The van der Waals surface area contributed by atoms with Gasteiger partial charge in [0, 0.05) is 35.9 Å². The summed E-state index contributed by atoms with van der Waals surface area (Å²) in [6, 6.07) is 13.7. The maximum absolute atomic E-state index is 11.8. The van der Waals surface area contributed by atoms with Crippen LogP contribution in [0.1, 0.15) is 15.9 Å². The fourth-order valence-corrected chi connectivity index (χ4v) is 4.02. The number of primary amides is 1. The van der Waals surface area contributed by atoms with Crippen molar-refractivity contribution in [1.82, 2.24) is 15.0 Å². The summed E-state index contributed by atoms with van der Waals surface area (Å²) in [6.45, 7) is 0.528. The van der Waals surface area contributed by atoms with Crippen LogP contribution in [0.4, 0.5) is 5.82 Å². The van der Waals surface area contributed by atoms with E-state index in [1.165, 1.54) is 16.9 Å². The maximum Gasteiger partial charge on any atom is 0.251 e. The summed E-state index contributed by atoms with van der Waals surface area (Å²) in [5.74, 6) is 0.630. The van der Waals surface area contributed by atoms with E-state index in [2.05, 4.69) is 32.4 Å². The van der Waals surface area contributed by atoms with Gasteiger partial charge >= 0.3 is 0 Å². The summed E-state index contributed by atoms with van der Waals surface area (Å²) in [5, 5.41) is 5.05. The summed E-state index contributed by atoms with van der Waals surface area (Å²) >= 11 is 1.39. The van der Waals surface area contributed by atoms with Gasteiger partial charge in [0.15, 0.2) is 5.82 Å². The van der Waals surface area contributed by atoms with Crippen LogP contribution in [0.15, 0.2) is 60.2 Å². The van der Waals surface area contributed by atoms with E-state index in [0.717, 1.165) is 16.7 Å².